The number of non-ortho nitro benzene ring substituents is 1. The number of aliphatic hydroxyl groups excluding tert-OH is 1. The Morgan fingerprint density at radius 3 is 2.11 bits per heavy atom. The predicted molar refractivity (Wildman–Crippen MR) is 88.3 cm³/mol. The fraction of sp³-hybridized carbons (Fsp3) is 0.0588. The van der Waals surface area contributed by atoms with Crippen molar-refractivity contribution in [1.29, 1.82) is 5.26 Å². The summed E-state index contributed by atoms with van der Waals surface area (Å²) in [6.45, 7) is 0. The number of aliphatic hydroxyl groups is 1. The number of anilines is 1. The van der Waals surface area contributed by atoms with Crippen molar-refractivity contribution in [3.05, 3.63) is 75.3 Å². The average molecular weight is 377 g/mol. The number of alkyl halides is 3. The molecule has 0 aliphatic rings. The molecule has 138 valence electrons. The lowest BCUT2D eigenvalue weighted by Gasteiger charge is -2.09. The first-order valence-corrected chi connectivity index (χ1v) is 7.20. The maximum absolute atomic E-state index is 12.5. The van der Waals surface area contributed by atoms with E-state index in [2.05, 4.69) is 5.32 Å². The lowest BCUT2D eigenvalue weighted by Crippen LogP contribution is -2.15. The van der Waals surface area contributed by atoms with Crippen molar-refractivity contribution in [3.8, 4) is 6.07 Å². The largest absolute Gasteiger partial charge is 0.506 e. The van der Waals surface area contributed by atoms with Crippen LogP contribution in [0.3, 0.4) is 0 Å². The Labute approximate surface area is 150 Å². The molecule has 0 spiro atoms. The van der Waals surface area contributed by atoms with Gasteiger partial charge in [-0.1, -0.05) is 0 Å². The van der Waals surface area contributed by atoms with Crippen LogP contribution < -0.4 is 5.32 Å². The standard InChI is InChI=1S/C17H10F3N3O4/c18-17(19,20)11-3-5-12(6-4-11)22-16(25)14(9-21)15(24)10-1-7-13(8-2-10)23(26)27/h1-8,24H,(H,22,25)/b15-14-. The fourth-order valence-electron chi connectivity index (χ4n) is 2.03. The van der Waals surface area contributed by atoms with E-state index < -0.39 is 33.9 Å². The van der Waals surface area contributed by atoms with Crippen molar-refractivity contribution >= 4 is 23.0 Å². The molecule has 0 aliphatic carbocycles. The Balaban J connectivity index is 2.25. The minimum absolute atomic E-state index is 0.0141. The lowest BCUT2D eigenvalue weighted by molar-refractivity contribution is -0.384. The van der Waals surface area contributed by atoms with E-state index in [1.165, 1.54) is 6.07 Å². The lowest BCUT2D eigenvalue weighted by atomic mass is 10.1. The number of nitrogens with zero attached hydrogens (tertiary/aromatic N) is 2. The van der Waals surface area contributed by atoms with Gasteiger partial charge in [-0.15, -0.1) is 0 Å². The highest BCUT2D eigenvalue weighted by atomic mass is 19.4. The molecule has 10 heteroatoms. The van der Waals surface area contributed by atoms with Crippen molar-refractivity contribution in [3.63, 3.8) is 0 Å². The van der Waals surface area contributed by atoms with Gasteiger partial charge in [-0.3, -0.25) is 14.9 Å². The molecule has 1 amide bonds. The van der Waals surface area contributed by atoms with Crippen LogP contribution in [0.1, 0.15) is 11.1 Å². The number of nitro groups is 1. The summed E-state index contributed by atoms with van der Waals surface area (Å²) in [4.78, 5) is 22.1. The summed E-state index contributed by atoms with van der Waals surface area (Å²) in [6, 6.07) is 9.45. The molecule has 7 nitrogen and oxygen atoms in total. The molecule has 0 radical (unpaired) electrons. The van der Waals surface area contributed by atoms with Gasteiger partial charge in [0, 0.05) is 23.4 Å². The monoisotopic (exact) mass is 377 g/mol. The van der Waals surface area contributed by atoms with Crippen LogP contribution in [0.15, 0.2) is 54.1 Å². The Kier molecular flexibility index (Phi) is 5.45. The predicted octanol–water partition coefficient (Wildman–Crippen LogP) is 4.04. The molecular weight excluding hydrogens is 367 g/mol. The highest BCUT2D eigenvalue weighted by Crippen LogP contribution is 2.30. The Bertz CT molecular complexity index is 943. The number of hydrogen-bond acceptors (Lipinski definition) is 5. The summed E-state index contributed by atoms with van der Waals surface area (Å²) in [5.41, 5.74) is -1.90. The minimum atomic E-state index is -4.53. The average Bonchev–Trinajstić information content (AvgIpc) is 2.62. The van der Waals surface area contributed by atoms with E-state index in [1.807, 2.05) is 0 Å². The molecule has 0 fully saturated rings. The van der Waals surface area contributed by atoms with Crippen LogP contribution in [0, 0.1) is 21.4 Å². The number of nitro benzene ring substituents is 1. The van der Waals surface area contributed by atoms with E-state index in [0.29, 0.717) is 0 Å². The van der Waals surface area contributed by atoms with Gasteiger partial charge in [0.1, 0.15) is 11.8 Å². The number of carbonyl (C=O) groups is 1. The van der Waals surface area contributed by atoms with Gasteiger partial charge in [-0.25, -0.2) is 0 Å². The molecule has 2 N–H and O–H groups in total. The van der Waals surface area contributed by atoms with Crippen LogP contribution in [0.25, 0.3) is 5.76 Å². The molecule has 0 unspecified atom stereocenters. The van der Waals surface area contributed by atoms with Crippen molar-refractivity contribution in [2.24, 2.45) is 0 Å². The first-order valence-electron chi connectivity index (χ1n) is 7.20. The summed E-state index contributed by atoms with van der Waals surface area (Å²) < 4.78 is 37.6. The van der Waals surface area contributed by atoms with Crippen LogP contribution in [0.2, 0.25) is 0 Å². The second kappa shape index (κ2) is 7.57. The van der Waals surface area contributed by atoms with Gasteiger partial charge in [-0.05, 0) is 36.4 Å². The van der Waals surface area contributed by atoms with E-state index in [9.17, 15) is 33.2 Å². The second-order valence-electron chi connectivity index (χ2n) is 5.17. The third kappa shape index (κ3) is 4.60. The molecule has 27 heavy (non-hydrogen) atoms. The highest BCUT2D eigenvalue weighted by Gasteiger charge is 2.30. The third-order valence-electron chi connectivity index (χ3n) is 3.40. The molecule has 2 rings (SSSR count). The van der Waals surface area contributed by atoms with Gasteiger partial charge in [0.2, 0.25) is 0 Å². The normalized spacial score (nSPS) is 11.9. The van der Waals surface area contributed by atoms with E-state index in [0.717, 1.165) is 48.5 Å². The number of amides is 1. The first kappa shape index (κ1) is 19.5. The molecule has 2 aromatic carbocycles. The zero-order valence-corrected chi connectivity index (χ0v) is 13.3. The summed E-state index contributed by atoms with van der Waals surface area (Å²) in [5.74, 6) is -1.77. The molecule has 0 atom stereocenters. The molecule has 0 aromatic heterocycles. The number of carbonyl (C=O) groups excluding carboxylic acids is 1. The number of nitriles is 1. The van der Waals surface area contributed by atoms with Crippen LogP contribution in [0.4, 0.5) is 24.5 Å². The van der Waals surface area contributed by atoms with Gasteiger partial charge in [0.15, 0.2) is 5.57 Å². The zero-order valence-electron chi connectivity index (χ0n) is 13.3. The van der Waals surface area contributed by atoms with Gasteiger partial charge < -0.3 is 10.4 Å². The van der Waals surface area contributed by atoms with Crippen molar-refractivity contribution in [1.82, 2.24) is 0 Å². The van der Waals surface area contributed by atoms with Gasteiger partial charge >= 0.3 is 6.18 Å². The molecule has 0 saturated heterocycles. The topological polar surface area (TPSA) is 116 Å². The quantitative estimate of drug-likeness (QED) is 0.274. The number of hydrogen-bond donors (Lipinski definition) is 2. The van der Waals surface area contributed by atoms with Gasteiger partial charge in [0.05, 0.1) is 10.5 Å². The number of nitrogens with one attached hydrogen (secondary N) is 1. The highest BCUT2D eigenvalue weighted by molar-refractivity contribution is 6.10. The van der Waals surface area contributed by atoms with E-state index in [-0.39, 0.29) is 16.9 Å². The minimum Gasteiger partial charge on any atom is -0.506 e. The zero-order chi connectivity index (χ0) is 20.2. The smallest absolute Gasteiger partial charge is 0.416 e. The molecule has 0 saturated carbocycles. The van der Waals surface area contributed by atoms with Crippen molar-refractivity contribution < 1.29 is 28.0 Å². The van der Waals surface area contributed by atoms with Crippen LogP contribution in [-0.4, -0.2) is 15.9 Å². The van der Waals surface area contributed by atoms with Crippen LogP contribution in [0.5, 0.6) is 0 Å². The van der Waals surface area contributed by atoms with E-state index in [1.54, 1.807) is 0 Å². The number of rotatable bonds is 4. The second-order valence-corrected chi connectivity index (χ2v) is 5.17. The van der Waals surface area contributed by atoms with E-state index in [4.69, 9.17) is 5.26 Å². The van der Waals surface area contributed by atoms with Gasteiger partial charge in [0.25, 0.3) is 11.6 Å². The fourth-order valence-corrected chi connectivity index (χ4v) is 2.03. The maximum atomic E-state index is 12.5. The molecule has 2 aromatic rings. The van der Waals surface area contributed by atoms with Gasteiger partial charge in [-0.2, -0.15) is 18.4 Å². The molecule has 0 bridgehead atoms. The summed E-state index contributed by atoms with van der Waals surface area (Å²) in [7, 11) is 0. The van der Waals surface area contributed by atoms with Crippen molar-refractivity contribution in [2.45, 2.75) is 6.18 Å². The summed E-state index contributed by atoms with van der Waals surface area (Å²) in [5, 5.41) is 32.0. The molecule has 0 heterocycles. The summed E-state index contributed by atoms with van der Waals surface area (Å²) >= 11 is 0. The molecular formula is C17H10F3N3O4. The van der Waals surface area contributed by atoms with E-state index >= 15 is 0 Å². The number of benzene rings is 2. The Morgan fingerprint density at radius 2 is 1.67 bits per heavy atom. The first-order chi connectivity index (χ1) is 12.6. The SMILES string of the molecule is N#C/C(C(=O)Nc1ccc(C(F)(F)F)cc1)=C(/O)c1ccc([N+](=O)[O-])cc1. The summed E-state index contributed by atoms with van der Waals surface area (Å²) in [6.07, 6.45) is -4.53. The Morgan fingerprint density at radius 1 is 1.11 bits per heavy atom. The van der Waals surface area contributed by atoms with Crippen LogP contribution >= 0.6 is 0 Å². The Hall–Kier alpha value is -3.87. The van der Waals surface area contributed by atoms with Crippen LogP contribution in [-0.2, 0) is 11.0 Å². The molecule has 0 aliphatic heterocycles. The number of halogens is 3. The van der Waals surface area contributed by atoms with Crippen molar-refractivity contribution in [2.75, 3.05) is 5.32 Å². The maximum Gasteiger partial charge on any atom is 0.416 e. The third-order valence-corrected chi connectivity index (χ3v) is 3.40.